The van der Waals surface area contributed by atoms with Gasteiger partial charge in [-0.15, -0.1) is 0 Å². The third-order valence-corrected chi connectivity index (χ3v) is 3.21. The smallest absolute Gasteiger partial charge is 0.165 e. The van der Waals surface area contributed by atoms with Crippen molar-refractivity contribution in [3.8, 4) is 11.3 Å². The molecule has 0 spiro atoms. The van der Waals surface area contributed by atoms with Crippen molar-refractivity contribution >= 4 is 28.4 Å². The summed E-state index contributed by atoms with van der Waals surface area (Å²) < 4.78 is 10.3. The Kier molecular flexibility index (Phi) is 1.94. The van der Waals surface area contributed by atoms with Crippen LogP contribution in [0.2, 0.25) is 0 Å². The zero-order chi connectivity index (χ0) is 11.1. The number of hydrogen-bond acceptors (Lipinski definition) is 4. The fourth-order valence-corrected chi connectivity index (χ4v) is 2.40. The second kappa shape index (κ2) is 3.31. The van der Waals surface area contributed by atoms with Gasteiger partial charge in [0.05, 0.1) is 11.7 Å². The van der Waals surface area contributed by atoms with Crippen LogP contribution in [-0.2, 0) is 7.05 Å². The van der Waals surface area contributed by atoms with Crippen LogP contribution in [0.1, 0.15) is 0 Å². The predicted octanol–water partition coefficient (Wildman–Crippen LogP) is 2.28. The Labute approximate surface area is 96.7 Å². The maximum atomic E-state index is 5.80. The van der Waals surface area contributed by atoms with Gasteiger partial charge in [-0.3, -0.25) is 0 Å². The van der Waals surface area contributed by atoms with Crippen molar-refractivity contribution in [2.45, 2.75) is 0 Å². The molecular formula is C11H10N4S. The Hall–Kier alpha value is -1.88. The highest BCUT2D eigenvalue weighted by atomic mass is 32.1. The van der Waals surface area contributed by atoms with Crippen LogP contribution in [0, 0.1) is 0 Å². The summed E-state index contributed by atoms with van der Waals surface area (Å²) in [5.41, 5.74) is 8.80. The van der Waals surface area contributed by atoms with E-state index >= 15 is 0 Å². The molecule has 0 unspecified atom stereocenters. The van der Waals surface area contributed by atoms with Gasteiger partial charge in [0.25, 0.3) is 0 Å². The summed E-state index contributed by atoms with van der Waals surface area (Å²) >= 11 is 1.14. The molecule has 4 nitrogen and oxygen atoms in total. The van der Waals surface area contributed by atoms with Crippen LogP contribution >= 0.6 is 11.7 Å². The van der Waals surface area contributed by atoms with E-state index in [-0.39, 0.29) is 0 Å². The summed E-state index contributed by atoms with van der Waals surface area (Å²) in [6.45, 7) is 0. The molecule has 0 atom stereocenters. The summed E-state index contributed by atoms with van der Waals surface area (Å²) in [7, 11) is 2.02. The van der Waals surface area contributed by atoms with Crippen LogP contribution in [-0.4, -0.2) is 13.3 Å². The lowest BCUT2D eigenvalue weighted by molar-refractivity contribution is 0.970. The number of aromatic nitrogens is 3. The summed E-state index contributed by atoms with van der Waals surface area (Å²) in [5, 5.41) is 1.16. The lowest BCUT2D eigenvalue weighted by atomic mass is 10.1. The van der Waals surface area contributed by atoms with E-state index in [0.717, 1.165) is 28.4 Å². The first-order valence-electron chi connectivity index (χ1n) is 4.90. The standard InChI is InChI=1S/C11H10N4S/c1-15-6-8(10-11(12)14-16-13-10)7-4-2-3-5-9(7)15/h2-6H,1H3,(H2,12,14). The summed E-state index contributed by atoms with van der Waals surface area (Å²) in [5.74, 6) is 0.501. The fraction of sp³-hybridized carbons (Fsp3) is 0.0909. The van der Waals surface area contributed by atoms with Gasteiger partial charge in [-0.05, 0) is 6.07 Å². The minimum Gasteiger partial charge on any atom is -0.381 e. The molecule has 16 heavy (non-hydrogen) atoms. The second-order valence-corrected chi connectivity index (χ2v) is 4.20. The monoisotopic (exact) mass is 230 g/mol. The zero-order valence-corrected chi connectivity index (χ0v) is 9.53. The number of hydrogen-bond donors (Lipinski definition) is 1. The number of para-hydroxylation sites is 1. The highest BCUT2D eigenvalue weighted by Gasteiger charge is 2.13. The van der Waals surface area contributed by atoms with E-state index in [4.69, 9.17) is 5.73 Å². The van der Waals surface area contributed by atoms with Crippen LogP contribution in [0.5, 0.6) is 0 Å². The van der Waals surface area contributed by atoms with E-state index < -0.39 is 0 Å². The van der Waals surface area contributed by atoms with E-state index in [9.17, 15) is 0 Å². The van der Waals surface area contributed by atoms with Crippen molar-refractivity contribution < 1.29 is 0 Å². The molecule has 0 aliphatic carbocycles. The lowest BCUT2D eigenvalue weighted by Gasteiger charge is -1.94. The lowest BCUT2D eigenvalue weighted by Crippen LogP contribution is -1.87. The van der Waals surface area contributed by atoms with Crippen LogP contribution in [0.15, 0.2) is 30.5 Å². The molecule has 0 fully saturated rings. The summed E-state index contributed by atoms with van der Waals surface area (Å²) in [4.78, 5) is 0. The molecule has 3 aromatic rings. The Morgan fingerprint density at radius 3 is 2.81 bits per heavy atom. The molecule has 5 heteroatoms. The molecule has 0 bridgehead atoms. The summed E-state index contributed by atoms with van der Waals surface area (Å²) in [6, 6.07) is 8.19. The molecule has 0 saturated carbocycles. The second-order valence-electron chi connectivity index (χ2n) is 3.67. The Balaban J connectivity index is 2.37. The number of fused-ring (bicyclic) bond motifs is 1. The van der Waals surface area contributed by atoms with Gasteiger partial charge in [0.1, 0.15) is 5.69 Å². The van der Waals surface area contributed by atoms with Gasteiger partial charge in [0.2, 0.25) is 0 Å². The van der Waals surface area contributed by atoms with Gasteiger partial charge in [-0.1, -0.05) is 18.2 Å². The van der Waals surface area contributed by atoms with E-state index in [1.54, 1.807) is 0 Å². The Morgan fingerprint density at radius 1 is 1.25 bits per heavy atom. The minimum absolute atomic E-state index is 0.501. The number of nitrogen functional groups attached to an aromatic ring is 1. The number of nitrogens with zero attached hydrogens (tertiary/aromatic N) is 3. The van der Waals surface area contributed by atoms with Gasteiger partial charge >= 0.3 is 0 Å². The van der Waals surface area contributed by atoms with Crippen molar-refractivity contribution in [2.75, 3.05) is 5.73 Å². The molecule has 3 rings (SSSR count). The van der Waals surface area contributed by atoms with E-state index in [1.165, 1.54) is 5.52 Å². The van der Waals surface area contributed by atoms with Gasteiger partial charge < -0.3 is 10.3 Å². The molecule has 2 N–H and O–H groups in total. The average molecular weight is 230 g/mol. The number of rotatable bonds is 1. The largest absolute Gasteiger partial charge is 0.381 e. The van der Waals surface area contributed by atoms with Crippen LogP contribution in [0.4, 0.5) is 5.82 Å². The van der Waals surface area contributed by atoms with Crippen LogP contribution in [0.3, 0.4) is 0 Å². The third kappa shape index (κ3) is 1.22. The molecule has 0 aliphatic heterocycles. The van der Waals surface area contributed by atoms with Crippen molar-refractivity contribution in [3.63, 3.8) is 0 Å². The zero-order valence-electron chi connectivity index (χ0n) is 8.71. The Morgan fingerprint density at radius 2 is 2.06 bits per heavy atom. The number of anilines is 1. The van der Waals surface area contributed by atoms with Crippen LogP contribution in [0.25, 0.3) is 22.2 Å². The maximum Gasteiger partial charge on any atom is 0.165 e. The number of benzene rings is 1. The molecule has 0 amide bonds. The minimum atomic E-state index is 0.501. The Bertz CT molecular complexity index is 653. The first-order valence-corrected chi connectivity index (χ1v) is 5.63. The number of aryl methyl sites for hydroxylation is 1. The molecule has 1 aromatic carbocycles. The molecular weight excluding hydrogens is 220 g/mol. The van der Waals surface area contributed by atoms with Crippen molar-refractivity contribution in [1.82, 2.24) is 13.3 Å². The first-order chi connectivity index (χ1) is 7.77. The average Bonchev–Trinajstić information content (AvgIpc) is 2.84. The van der Waals surface area contributed by atoms with Crippen LogP contribution < -0.4 is 5.73 Å². The topological polar surface area (TPSA) is 56.7 Å². The summed E-state index contributed by atoms with van der Waals surface area (Å²) in [6.07, 6.45) is 2.04. The van der Waals surface area contributed by atoms with E-state index in [1.807, 2.05) is 25.4 Å². The first kappa shape index (κ1) is 9.35. The quantitative estimate of drug-likeness (QED) is 0.697. The van der Waals surface area contributed by atoms with Gasteiger partial charge in [-0.25, -0.2) is 0 Å². The molecule has 0 aliphatic rings. The SMILES string of the molecule is Cn1cc(-c2nsnc2N)c2ccccc21. The van der Waals surface area contributed by atoms with Gasteiger partial charge in [-0.2, -0.15) is 8.75 Å². The normalized spacial score (nSPS) is 11.1. The van der Waals surface area contributed by atoms with E-state index in [2.05, 4.69) is 25.4 Å². The third-order valence-electron chi connectivity index (χ3n) is 2.67. The van der Waals surface area contributed by atoms with Gasteiger partial charge in [0.15, 0.2) is 5.82 Å². The molecule has 2 aromatic heterocycles. The molecule has 2 heterocycles. The maximum absolute atomic E-state index is 5.80. The highest BCUT2D eigenvalue weighted by Crippen LogP contribution is 2.31. The van der Waals surface area contributed by atoms with Crippen molar-refractivity contribution in [1.29, 1.82) is 0 Å². The molecule has 0 radical (unpaired) electrons. The van der Waals surface area contributed by atoms with Gasteiger partial charge in [0, 0.05) is 29.7 Å². The molecule has 80 valence electrons. The highest BCUT2D eigenvalue weighted by molar-refractivity contribution is 6.99. The van der Waals surface area contributed by atoms with Crippen molar-refractivity contribution in [2.24, 2.45) is 7.05 Å². The number of nitrogens with two attached hydrogens (primary N) is 1. The predicted molar refractivity (Wildman–Crippen MR) is 66.2 cm³/mol. The van der Waals surface area contributed by atoms with E-state index in [0.29, 0.717) is 5.82 Å². The molecule has 0 saturated heterocycles. The fourth-order valence-electron chi connectivity index (χ4n) is 1.91. The van der Waals surface area contributed by atoms with Crippen molar-refractivity contribution in [3.05, 3.63) is 30.5 Å².